The lowest BCUT2D eigenvalue weighted by Crippen LogP contribution is -2.48. The van der Waals surface area contributed by atoms with Gasteiger partial charge < -0.3 is 20.1 Å². The maximum absolute atomic E-state index is 5.72. The first-order valence-corrected chi connectivity index (χ1v) is 6.39. The van der Waals surface area contributed by atoms with E-state index in [0.717, 1.165) is 17.1 Å². The average Bonchev–Trinajstić information content (AvgIpc) is 2.85. The van der Waals surface area contributed by atoms with Gasteiger partial charge in [0.1, 0.15) is 6.17 Å². The first-order chi connectivity index (χ1) is 9.61. The molecule has 1 unspecified atom stereocenters. The van der Waals surface area contributed by atoms with Crippen molar-refractivity contribution >= 4 is 11.9 Å². The van der Waals surface area contributed by atoms with E-state index < -0.39 is 0 Å². The van der Waals surface area contributed by atoms with Crippen LogP contribution in [0.4, 0.5) is 0 Å². The number of hydrogen-bond acceptors (Lipinski definition) is 7. The van der Waals surface area contributed by atoms with Crippen molar-refractivity contribution in [1.29, 1.82) is 0 Å². The van der Waals surface area contributed by atoms with E-state index in [0.29, 0.717) is 18.5 Å². The third-order valence-electron chi connectivity index (χ3n) is 3.09. The normalized spacial score (nSPS) is 20.0. The van der Waals surface area contributed by atoms with Crippen LogP contribution in [0.25, 0.3) is 0 Å². The van der Waals surface area contributed by atoms with Crippen LogP contribution in [-0.4, -0.2) is 36.8 Å². The molecule has 0 spiro atoms. The van der Waals surface area contributed by atoms with Crippen molar-refractivity contribution in [2.24, 2.45) is 15.7 Å². The largest absolute Gasteiger partial charge is 0.454 e. The Morgan fingerprint density at radius 1 is 1.35 bits per heavy atom. The van der Waals surface area contributed by atoms with Gasteiger partial charge in [-0.2, -0.15) is 0 Å². The van der Waals surface area contributed by atoms with Gasteiger partial charge in [-0.1, -0.05) is 6.07 Å². The monoisotopic (exact) mass is 275 g/mol. The van der Waals surface area contributed by atoms with Gasteiger partial charge in [0, 0.05) is 13.6 Å². The molecule has 0 amide bonds. The molecule has 1 aromatic rings. The summed E-state index contributed by atoms with van der Waals surface area (Å²) in [6.07, 6.45) is -0.162. The van der Waals surface area contributed by atoms with Crippen molar-refractivity contribution in [3.63, 3.8) is 0 Å². The summed E-state index contributed by atoms with van der Waals surface area (Å²) in [7, 11) is 1.95. The standard InChI is InChI=1S/C13H17N5O2/c1-8-15-12(14)17-13(16-8)18(2)6-9-3-4-10-11(5-9)20-7-19-10/h3-5,8H,6-7H2,1-2H3,(H3,14,15,16,17). The number of rotatable bonds is 2. The van der Waals surface area contributed by atoms with Gasteiger partial charge in [0.05, 0.1) is 0 Å². The van der Waals surface area contributed by atoms with Crippen molar-refractivity contribution in [2.75, 3.05) is 13.8 Å². The van der Waals surface area contributed by atoms with E-state index >= 15 is 0 Å². The van der Waals surface area contributed by atoms with Gasteiger partial charge in [-0.3, -0.25) is 5.32 Å². The summed E-state index contributed by atoms with van der Waals surface area (Å²) in [4.78, 5) is 10.5. The Balaban J connectivity index is 1.71. The lowest BCUT2D eigenvalue weighted by atomic mass is 10.2. The molecule has 3 rings (SSSR count). The summed E-state index contributed by atoms with van der Waals surface area (Å²) >= 11 is 0. The van der Waals surface area contributed by atoms with Crippen molar-refractivity contribution in [2.45, 2.75) is 19.6 Å². The highest BCUT2D eigenvalue weighted by Gasteiger charge is 2.17. The van der Waals surface area contributed by atoms with Crippen molar-refractivity contribution in [3.8, 4) is 11.5 Å². The second-order valence-corrected chi connectivity index (χ2v) is 4.77. The minimum absolute atomic E-state index is 0.162. The fourth-order valence-corrected chi connectivity index (χ4v) is 2.17. The lowest BCUT2D eigenvalue weighted by Gasteiger charge is -2.25. The van der Waals surface area contributed by atoms with Crippen LogP contribution in [0.1, 0.15) is 12.5 Å². The number of ether oxygens (including phenoxy) is 2. The predicted octanol–water partition coefficient (Wildman–Crippen LogP) is 0.467. The molecule has 0 bridgehead atoms. The van der Waals surface area contributed by atoms with Crippen LogP contribution < -0.4 is 20.5 Å². The van der Waals surface area contributed by atoms with Gasteiger partial charge >= 0.3 is 0 Å². The molecule has 106 valence electrons. The Morgan fingerprint density at radius 2 is 2.15 bits per heavy atom. The number of fused-ring (bicyclic) bond motifs is 1. The van der Waals surface area contributed by atoms with Crippen molar-refractivity contribution in [1.82, 2.24) is 10.2 Å². The van der Waals surface area contributed by atoms with Gasteiger partial charge in [0.15, 0.2) is 17.5 Å². The molecule has 1 atom stereocenters. The smallest absolute Gasteiger partial charge is 0.231 e. The zero-order valence-corrected chi connectivity index (χ0v) is 11.5. The summed E-state index contributed by atoms with van der Waals surface area (Å²) in [5, 5.41) is 2.97. The molecule has 3 N–H and O–H groups in total. The topological polar surface area (TPSA) is 84.5 Å². The van der Waals surface area contributed by atoms with Crippen molar-refractivity contribution in [3.05, 3.63) is 23.8 Å². The van der Waals surface area contributed by atoms with Crippen molar-refractivity contribution < 1.29 is 9.47 Å². The molecule has 0 aliphatic carbocycles. The number of hydrogen-bond donors (Lipinski definition) is 2. The van der Waals surface area contributed by atoms with E-state index in [1.165, 1.54) is 0 Å². The van der Waals surface area contributed by atoms with Crippen LogP contribution in [0, 0.1) is 0 Å². The van der Waals surface area contributed by atoms with E-state index in [1.54, 1.807) is 0 Å². The van der Waals surface area contributed by atoms with Crippen LogP contribution >= 0.6 is 0 Å². The quantitative estimate of drug-likeness (QED) is 0.819. The lowest BCUT2D eigenvalue weighted by molar-refractivity contribution is 0.174. The molecule has 0 saturated heterocycles. The van der Waals surface area contributed by atoms with Gasteiger partial charge in [-0.05, 0) is 24.6 Å². The summed E-state index contributed by atoms with van der Waals surface area (Å²) in [6.45, 7) is 2.86. The molecule has 7 heteroatoms. The van der Waals surface area contributed by atoms with Crippen LogP contribution in [0.2, 0.25) is 0 Å². The molecule has 7 nitrogen and oxygen atoms in total. The minimum Gasteiger partial charge on any atom is -0.454 e. The number of nitrogens with one attached hydrogen (secondary N) is 1. The molecular formula is C13H17N5O2. The van der Waals surface area contributed by atoms with Gasteiger partial charge in [0.2, 0.25) is 12.8 Å². The second-order valence-electron chi connectivity index (χ2n) is 4.77. The second kappa shape index (κ2) is 4.92. The molecular weight excluding hydrogens is 258 g/mol. The van der Waals surface area contributed by atoms with Gasteiger partial charge in [-0.15, -0.1) is 0 Å². The maximum atomic E-state index is 5.72. The van der Waals surface area contributed by atoms with Gasteiger partial charge in [-0.25, -0.2) is 9.98 Å². The highest BCUT2D eigenvalue weighted by Crippen LogP contribution is 2.32. The fraction of sp³-hybridized carbons (Fsp3) is 0.385. The van der Waals surface area contributed by atoms with E-state index in [1.807, 2.05) is 37.1 Å². The Labute approximate surface area is 117 Å². The molecule has 2 aliphatic heterocycles. The Morgan fingerprint density at radius 3 is 2.95 bits per heavy atom. The molecule has 2 aliphatic rings. The molecule has 0 saturated carbocycles. The Bertz CT molecular complexity index is 584. The summed E-state index contributed by atoms with van der Waals surface area (Å²) in [5.74, 6) is 2.67. The molecule has 20 heavy (non-hydrogen) atoms. The third-order valence-corrected chi connectivity index (χ3v) is 3.09. The Hall–Kier alpha value is -2.44. The number of nitrogens with zero attached hydrogens (tertiary/aromatic N) is 3. The maximum Gasteiger partial charge on any atom is 0.231 e. The minimum atomic E-state index is -0.162. The first-order valence-electron chi connectivity index (χ1n) is 6.39. The van der Waals surface area contributed by atoms with E-state index in [2.05, 4.69) is 15.3 Å². The highest BCUT2D eigenvalue weighted by atomic mass is 16.7. The zero-order valence-electron chi connectivity index (χ0n) is 11.5. The van der Waals surface area contributed by atoms with Crippen LogP contribution in [-0.2, 0) is 6.54 Å². The van der Waals surface area contributed by atoms with Gasteiger partial charge in [0.25, 0.3) is 0 Å². The van der Waals surface area contributed by atoms with Crippen LogP contribution in [0.3, 0.4) is 0 Å². The fourth-order valence-electron chi connectivity index (χ4n) is 2.17. The summed E-state index contributed by atoms with van der Waals surface area (Å²) in [6, 6.07) is 5.90. The number of nitrogens with two attached hydrogens (primary N) is 1. The van der Waals surface area contributed by atoms with E-state index in [4.69, 9.17) is 15.2 Å². The number of guanidine groups is 2. The van der Waals surface area contributed by atoms with Crippen LogP contribution in [0.5, 0.6) is 11.5 Å². The molecule has 0 fully saturated rings. The SMILES string of the molecule is CC1N=C(N)NC(N(C)Cc2ccc3c(c2)OCO3)=N1. The zero-order chi connectivity index (χ0) is 14.1. The molecule has 2 heterocycles. The predicted molar refractivity (Wildman–Crippen MR) is 75.7 cm³/mol. The number of benzene rings is 1. The summed E-state index contributed by atoms with van der Waals surface area (Å²) in [5.41, 5.74) is 6.82. The third kappa shape index (κ3) is 2.47. The average molecular weight is 275 g/mol. The Kier molecular flexibility index (Phi) is 3.09. The van der Waals surface area contributed by atoms with E-state index in [9.17, 15) is 0 Å². The van der Waals surface area contributed by atoms with E-state index in [-0.39, 0.29) is 13.0 Å². The molecule has 1 aromatic carbocycles. The first kappa shape index (κ1) is 12.6. The highest BCUT2D eigenvalue weighted by molar-refractivity contribution is 5.99. The molecule has 0 radical (unpaired) electrons. The molecule has 0 aromatic heterocycles. The number of aliphatic imine (C=N–C) groups is 2. The van der Waals surface area contributed by atoms with Crippen LogP contribution in [0.15, 0.2) is 28.2 Å². The summed E-state index contributed by atoms with van der Waals surface area (Å²) < 4.78 is 10.7.